The molecule has 3 rings (SSSR count). The molecule has 0 heterocycles. The number of hydrogen-bond donors (Lipinski definition) is 1. The molecule has 1 amide bonds. The first kappa shape index (κ1) is 19.1. The van der Waals surface area contributed by atoms with Gasteiger partial charge in [0.2, 0.25) is 0 Å². The topological polar surface area (TPSA) is 63.2 Å². The quantitative estimate of drug-likeness (QED) is 0.622. The summed E-state index contributed by atoms with van der Waals surface area (Å²) in [5.41, 5.74) is 2.03. The van der Waals surface area contributed by atoms with E-state index in [1.165, 1.54) is 12.1 Å². The van der Waals surface area contributed by atoms with Gasteiger partial charge in [0.25, 0.3) is 15.9 Å². The fraction of sp³-hybridized carbons (Fsp3) is 0.227. The van der Waals surface area contributed by atoms with Crippen LogP contribution in [0.2, 0.25) is 0 Å². The van der Waals surface area contributed by atoms with E-state index in [2.05, 4.69) is 16.9 Å². The molecule has 4 nitrogen and oxygen atoms in total. The van der Waals surface area contributed by atoms with Crippen LogP contribution in [0.5, 0.6) is 0 Å². The van der Waals surface area contributed by atoms with E-state index in [9.17, 15) is 13.2 Å². The lowest BCUT2D eigenvalue weighted by molar-refractivity contribution is -0.114. The SMILES string of the molecule is Cc1ccc(S(=O)(=O)NC(=O)/C(=C\C2C=CCCC2)c2ccccc2)cc1. The van der Waals surface area contributed by atoms with Crippen molar-refractivity contribution in [3.63, 3.8) is 0 Å². The van der Waals surface area contributed by atoms with Gasteiger partial charge in [-0.25, -0.2) is 13.1 Å². The van der Waals surface area contributed by atoms with Gasteiger partial charge in [0.05, 0.1) is 4.90 Å². The zero-order valence-electron chi connectivity index (χ0n) is 15.3. The molecule has 5 heteroatoms. The predicted octanol–water partition coefficient (Wildman–Crippen LogP) is 4.24. The van der Waals surface area contributed by atoms with Crippen molar-refractivity contribution >= 4 is 21.5 Å². The highest BCUT2D eigenvalue weighted by molar-refractivity contribution is 7.90. The van der Waals surface area contributed by atoms with E-state index in [0.29, 0.717) is 11.1 Å². The van der Waals surface area contributed by atoms with Crippen molar-refractivity contribution in [1.29, 1.82) is 0 Å². The number of rotatable bonds is 5. The Morgan fingerprint density at radius 1 is 1.07 bits per heavy atom. The van der Waals surface area contributed by atoms with E-state index in [-0.39, 0.29) is 10.8 Å². The Morgan fingerprint density at radius 2 is 1.78 bits per heavy atom. The van der Waals surface area contributed by atoms with Crippen molar-refractivity contribution in [2.45, 2.75) is 31.1 Å². The van der Waals surface area contributed by atoms with Crippen LogP contribution in [0.15, 0.2) is 77.7 Å². The molecule has 140 valence electrons. The van der Waals surface area contributed by atoms with E-state index < -0.39 is 15.9 Å². The molecule has 1 aliphatic rings. The van der Waals surface area contributed by atoms with Crippen LogP contribution in [-0.4, -0.2) is 14.3 Å². The van der Waals surface area contributed by atoms with Gasteiger partial charge in [-0.15, -0.1) is 0 Å². The number of nitrogens with one attached hydrogen (secondary N) is 1. The van der Waals surface area contributed by atoms with Crippen LogP contribution in [-0.2, 0) is 14.8 Å². The molecule has 0 aromatic heterocycles. The van der Waals surface area contributed by atoms with Gasteiger partial charge in [0.15, 0.2) is 0 Å². The molecule has 1 N–H and O–H groups in total. The van der Waals surface area contributed by atoms with Gasteiger partial charge >= 0.3 is 0 Å². The van der Waals surface area contributed by atoms with E-state index >= 15 is 0 Å². The van der Waals surface area contributed by atoms with Gasteiger partial charge in [-0.3, -0.25) is 4.79 Å². The van der Waals surface area contributed by atoms with Gasteiger partial charge in [-0.2, -0.15) is 0 Å². The predicted molar refractivity (Wildman–Crippen MR) is 107 cm³/mol. The summed E-state index contributed by atoms with van der Waals surface area (Å²) in [6, 6.07) is 15.6. The van der Waals surface area contributed by atoms with Crippen molar-refractivity contribution in [2.75, 3.05) is 0 Å². The normalized spacial score (nSPS) is 17.5. The van der Waals surface area contributed by atoms with Crippen LogP contribution in [0.3, 0.4) is 0 Å². The summed E-state index contributed by atoms with van der Waals surface area (Å²) < 4.78 is 27.4. The van der Waals surface area contributed by atoms with E-state index in [4.69, 9.17) is 0 Å². The number of allylic oxidation sites excluding steroid dienone is 3. The minimum absolute atomic E-state index is 0.0754. The largest absolute Gasteiger partial charge is 0.268 e. The molecule has 1 aliphatic carbocycles. The second-order valence-corrected chi connectivity index (χ2v) is 8.40. The minimum Gasteiger partial charge on any atom is -0.268 e. The minimum atomic E-state index is -3.93. The Bertz CT molecular complexity index is 958. The third-order valence-corrected chi connectivity index (χ3v) is 5.91. The highest BCUT2D eigenvalue weighted by Gasteiger charge is 2.22. The maximum atomic E-state index is 12.9. The monoisotopic (exact) mass is 381 g/mol. The Hall–Kier alpha value is -2.66. The molecule has 27 heavy (non-hydrogen) atoms. The first-order chi connectivity index (χ1) is 13.0. The van der Waals surface area contributed by atoms with Crippen LogP contribution >= 0.6 is 0 Å². The number of amides is 1. The first-order valence-corrected chi connectivity index (χ1v) is 10.5. The zero-order valence-corrected chi connectivity index (χ0v) is 16.1. The first-order valence-electron chi connectivity index (χ1n) is 9.03. The average Bonchev–Trinajstić information content (AvgIpc) is 2.67. The third-order valence-electron chi connectivity index (χ3n) is 4.56. The van der Waals surface area contributed by atoms with Crippen LogP contribution in [0, 0.1) is 12.8 Å². The van der Waals surface area contributed by atoms with Gasteiger partial charge < -0.3 is 0 Å². The second kappa shape index (κ2) is 8.35. The van der Waals surface area contributed by atoms with Crippen molar-refractivity contribution in [3.05, 3.63) is 84.0 Å². The summed E-state index contributed by atoms with van der Waals surface area (Å²) in [6.45, 7) is 1.88. The van der Waals surface area contributed by atoms with E-state index in [1.807, 2.05) is 43.3 Å². The van der Waals surface area contributed by atoms with E-state index in [0.717, 1.165) is 24.8 Å². The smallest absolute Gasteiger partial charge is 0.265 e. The number of benzene rings is 2. The van der Waals surface area contributed by atoms with Gasteiger partial charge in [0.1, 0.15) is 0 Å². The number of sulfonamides is 1. The highest BCUT2D eigenvalue weighted by Crippen LogP contribution is 2.24. The fourth-order valence-corrected chi connectivity index (χ4v) is 4.03. The lowest BCUT2D eigenvalue weighted by Gasteiger charge is -2.16. The Labute approximate surface area is 160 Å². The number of carbonyl (C=O) groups is 1. The molecule has 0 bridgehead atoms. The molecule has 0 aliphatic heterocycles. The molecule has 2 aromatic carbocycles. The summed E-state index contributed by atoms with van der Waals surface area (Å²) in [5, 5.41) is 0. The van der Waals surface area contributed by atoms with Crippen LogP contribution < -0.4 is 4.72 Å². The van der Waals surface area contributed by atoms with Crippen LogP contribution in [0.25, 0.3) is 5.57 Å². The fourth-order valence-electron chi connectivity index (χ4n) is 3.07. The van der Waals surface area contributed by atoms with Gasteiger partial charge in [-0.05, 0) is 49.8 Å². The van der Waals surface area contributed by atoms with Crippen molar-refractivity contribution in [1.82, 2.24) is 4.72 Å². The molecule has 1 atom stereocenters. The molecular weight excluding hydrogens is 358 g/mol. The molecule has 0 spiro atoms. The summed E-state index contributed by atoms with van der Waals surface area (Å²) in [4.78, 5) is 13.0. The van der Waals surface area contributed by atoms with Crippen LogP contribution in [0.4, 0.5) is 0 Å². The zero-order chi connectivity index (χ0) is 19.3. The highest BCUT2D eigenvalue weighted by atomic mass is 32.2. The van der Waals surface area contributed by atoms with E-state index in [1.54, 1.807) is 12.1 Å². The lowest BCUT2D eigenvalue weighted by Crippen LogP contribution is -2.31. The standard InChI is InChI=1S/C22H23NO3S/c1-17-12-14-20(15-13-17)27(25,26)23-22(24)21(19-10-6-3-7-11-19)16-18-8-4-2-5-9-18/h3-4,6-8,10-16,18H,2,5,9H2,1H3,(H,23,24)/b21-16-. The average molecular weight is 381 g/mol. The molecular formula is C22H23NO3S. The Balaban J connectivity index is 1.91. The summed E-state index contributed by atoms with van der Waals surface area (Å²) in [7, 11) is -3.93. The number of hydrogen-bond acceptors (Lipinski definition) is 3. The summed E-state index contributed by atoms with van der Waals surface area (Å²) >= 11 is 0. The molecule has 0 saturated heterocycles. The molecule has 0 radical (unpaired) electrons. The lowest BCUT2D eigenvalue weighted by atomic mass is 9.92. The Kier molecular flexibility index (Phi) is 5.91. The molecule has 0 fully saturated rings. The number of aryl methyl sites for hydroxylation is 1. The molecule has 0 saturated carbocycles. The van der Waals surface area contributed by atoms with Crippen molar-refractivity contribution < 1.29 is 13.2 Å². The van der Waals surface area contributed by atoms with Gasteiger partial charge in [-0.1, -0.05) is 66.3 Å². The number of carbonyl (C=O) groups excluding carboxylic acids is 1. The third kappa shape index (κ3) is 4.95. The van der Waals surface area contributed by atoms with Crippen molar-refractivity contribution in [3.8, 4) is 0 Å². The molecule has 1 unspecified atom stereocenters. The maximum absolute atomic E-state index is 12.9. The maximum Gasteiger partial charge on any atom is 0.265 e. The summed E-state index contributed by atoms with van der Waals surface area (Å²) in [5.74, 6) is -0.484. The Morgan fingerprint density at radius 3 is 2.41 bits per heavy atom. The van der Waals surface area contributed by atoms with Crippen LogP contribution in [0.1, 0.15) is 30.4 Å². The second-order valence-electron chi connectivity index (χ2n) is 6.72. The van der Waals surface area contributed by atoms with Gasteiger partial charge in [0, 0.05) is 5.57 Å². The molecule has 2 aromatic rings. The van der Waals surface area contributed by atoms with Crippen molar-refractivity contribution in [2.24, 2.45) is 5.92 Å². The summed E-state index contributed by atoms with van der Waals surface area (Å²) in [6.07, 6.45) is 9.10.